The lowest BCUT2D eigenvalue weighted by Crippen LogP contribution is -1.80. The van der Waals surface area contributed by atoms with Gasteiger partial charge in [0.25, 0.3) is 0 Å². The molecule has 0 saturated carbocycles. The van der Waals surface area contributed by atoms with E-state index in [4.69, 9.17) is 4.74 Å². The standard InChI is InChI=1S/C11H12O2S/c1-3-7-4-5-9-8(11(7)12)6-10(13-2)14-9/h4-6,12H,3H2,1-2H3. The molecule has 1 N–H and O–H groups in total. The number of phenolic OH excluding ortho intramolecular Hbond substituents is 1. The van der Waals surface area contributed by atoms with Crippen LogP contribution in [0.4, 0.5) is 0 Å². The minimum absolute atomic E-state index is 0.393. The number of hydrogen-bond donors (Lipinski definition) is 1. The van der Waals surface area contributed by atoms with Crippen LogP contribution in [-0.2, 0) is 6.42 Å². The first-order valence-electron chi connectivity index (χ1n) is 4.54. The Morgan fingerprint density at radius 1 is 1.43 bits per heavy atom. The van der Waals surface area contributed by atoms with Gasteiger partial charge in [-0.15, -0.1) is 0 Å². The first-order chi connectivity index (χ1) is 6.76. The molecule has 0 unspecified atom stereocenters. The third kappa shape index (κ3) is 1.34. The Morgan fingerprint density at radius 2 is 2.21 bits per heavy atom. The van der Waals surface area contributed by atoms with Crippen LogP contribution in [0.3, 0.4) is 0 Å². The lowest BCUT2D eigenvalue weighted by molar-refractivity contribution is 0.427. The molecule has 0 radical (unpaired) electrons. The van der Waals surface area contributed by atoms with Gasteiger partial charge >= 0.3 is 0 Å². The largest absolute Gasteiger partial charge is 0.507 e. The molecule has 0 amide bonds. The Hall–Kier alpha value is -1.22. The molecule has 0 aliphatic heterocycles. The van der Waals surface area contributed by atoms with E-state index in [9.17, 15) is 5.11 Å². The molecule has 3 heteroatoms. The highest BCUT2D eigenvalue weighted by atomic mass is 32.1. The van der Waals surface area contributed by atoms with Crippen molar-refractivity contribution in [1.82, 2.24) is 0 Å². The molecular formula is C11H12O2S. The maximum atomic E-state index is 9.91. The van der Waals surface area contributed by atoms with Crippen LogP contribution in [0.15, 0.2) is 18.2 Å². The van der Waals surface area contributed by atoms with Crippen molar-refractivity contribution in [3.63, 3.8) is 0 Å². The maximum Gasteiger partial charge on any atom is 0.174 e. The van der Waals surface area contributed by atoms with Gasteiger partial charge in [0.15, 0.2) is 5.06 Å². The molecule has 1 heterocycles. The Balaban J connectivity index is 2.68. The molecule has 2 rings (SSSR count). The summed E-state index contributed by atoms with van der Waals surface area (Å²) >= 11 is 1.55. The van der Waals surface area contributed by atoms with Gasteiger partial charge in [0.05, 0.1) is 7.11 Å². The van der Waals surface area contributed by atoms with Gasteiger partial charge in [-0.2, -0.15) is 0 Å². The second-order valence-corrected chi connectivity index (χ2v) is 4.15. The molecule has 14 heavy (non-hydrogen) atoms. The van der Waals surface area contributed by atoms with Crippen LogP contribution in [0.1, 0.15) is 12.5 Å². The zero-order valence-corrected chi connectivity index (χ0v) is 9.02. The van der Waals surface area contributed by atoms with Gasteiger partial charge in [0.1, 0.15) is 5.75 Å². The van der Waals surface area contributed by atoms with Gasteiger partial charge in [-0.3, -0.25) is 0 Å². The zero-order valence-electron chi connectivity index (χ0n) is 8.20. The summed E-state index contributed by atoms with van der Waals surface area (Å²) in [6.07, 6.45) is 0.847. The molecule has 0 spiro atoms. The molecule has 0 saturated heterocycles. The van der Waals surface area contributed by atoms with E-state index in [2.05, 4.69) is 0 Å². The molecule has 1 aromatic carbocycles. The van der Waals surface area contributed by atoms with E-state index in [-0.39, 0.29) is 0 Å². The molecule has 2 nitrogen and oxygen atoms in total. The van der Waals surface area contributed by atoms with Crippen molar-refractivity contribution in [3.05, 3.63) is 23.8 Å². The molecule has 0 aliphatic rings. The topological polar surface area (TPSA) is 29.5 Å². The average Bonchev–Trinajstić information content (AvgIpc) is 2.62. The summed E-state index contributed by atoms with van der Waals surface area (Å²) < 4.78 is 6.20. The maximum absolute atomic E-state index is 9.91. The van der Waals surface area contributed by atoms with Crippen molar-refractivity contribution >= 4 is 21.4 Å². The number of phenols is 1. The summed E-state index contributed by atoms with van der Waals surface area (Å²) in [5.74, 6) is 0.393. The molecule has 2 aromatic rings. The first kappa shape index (κ1) is 9.34. The Kier molecular flexibility index (Phi) is 2.33. The second kappa shape index (κ2) is 3.50. The summed E-state index contributed by atoms with van der Waals surface area (Å²) in [6.45, 7) is 2.03. The Morgan fingerprint density at radius 3 is 2.86 bits per heavy atom. The van der Waals surface area contributed by atoms with E-state index >= 15 is 0 Å². The van der Waals surface area contributed by atoms with Crippen molar-refractivity contribution in [2.45, 2.75) is 13.3 Å². The van der Waals surface area contributed by atoms with Gasteiger partial charge in [0.2, 0.25) is 0 Å². The number of aromatic hydroxyl groups is 1. The van der Waals surface area contributed by atoms with Crippen LogP contribution in [0.5, 0.6) is 10.8 Å². The zero-order chi connectivity index (χ0) is 10.1. The fraction of sp³-hybridized carbons (Fsp3) is 0.273. The highest BCUT2D eigenvalue weighted by molar-refractivity contribution is 7.20. The van der Waals surface area contributed by atoms with Crippen molar-refractivity contribution in [1.29, 1.82) is 0 Å². The molecule has 74 valence electrons. The smallest absolute Gasteiger partial charge is 0.174 e. The van der Waals surface area contributed by atoms with E-state index in [1.165, 1.54) is 0 Å². The summed E-state index contributed by atoms with van der Waals surface area (Å²) in [5, 5.41) is 11.6. The van der Waals surface area contributed by atoms with E-state index in [1.807, 2.05) is 25.1 Å². The quantitative estimate of drug-likeness (QED) is 0.821. The number of benzene rings is 1. The molecule has 0 aliphatic carbocycles. The van der Waals surface area contributed by atoms with Crippen LogP contribution in [0.25, 0.3) is 10.1 Å². The second-order valence-electron chi connectivity index (χ2n) is 3.11. The van der Waals surface area contributed by atoms with Gasteiger partial charge in [-0.25, -0.2) is 0 Å². The van der Waals surface area contributed by atoms with E-state index in [0.29, 0.717) is 5.75 Å². The van der Waals surface area contributed by atoms with Crippen LogP contribution < -0.4 is 4.74 Å². The van der Waals surface area contributed by atoms with Crippen LogP contribution in [0, 0.1) is 0 Å². The Labute approximate surface area is 86.8 Å². The molecular weight excluding hydrogens is 196 g/mol. The number of methoxy groups -OCH3 is 1. The van der Waals surface area contributed by atoms with Crippen LogP contribution in [0.2, 0.25) is 0 Å². The van der Waals surface area contributed by atoms with E-state index in [0.717, 1.165) is 27.1 Å². The fourth-order valence-electron chi connectivity index (χ4n) is 1.50. The fourth-order valence-corrected chi connectivity index (χ4v) is 2.38. The third-order valence-corrected chi connectivity index (χ3v) is 3.38. The van der Waals surface area contributed by atoms with Gasteiger partial charge in [-0.05, 0) is 18.1 Å². The van der Waals surface area contributed by atoms with Crippen LogP contribution >= 0.6 is 11.3 Å². The Bertz CT molecular complexity index is 460. The highest BCUT2D eigenvalue weighted by Crippen LogP contribution is 2.38. The predicted molar refractivity (Wildman–Crippen MR) is 59.4 cm³/mol. The minimum Gasteiger partial charge on any atom is -0.507 e. The lowest BCUT2D eigenvalue weighted by Gasteiger charge is -2.01. The number of hydrogen-bond acceptors (Lipinski definition) is 3. The first-order valence-corrected chi connectivity index (χ1v) is 5.36. The summed E-state index contributed by atoms with van der Waals surface area (Å²) in [5.41, 5.74) is 0.984. The lowest BCUT2D eigenvalue weighted by atomic mass is 10.1. The molecule has 0 fully saturated rings. The van der Waals surface area contributed by atoms with Crippen molar-refractivity contribution < 1.29 is 9.84 Å². The highest BCUT2D eigenvalue weighted by Gasteiger charge is 2.08. The van der Waals surface area contributed by atoms with E-state index < -0.39 is 0 Å². The van der Waals surface area contributed by atoms with Gasteiger partial charge in [0, 0.05) is 16.2 Å². The number of aryl methyl sites for hydroxylation is 1. The van der Waals surface area contributed by atoms with E-state index in [1.54, 1.807) is 18.4 Å². The van der Waals surface area contributed by atoms with Crippen molar-refractivity contribution in [2.75, 3.05) is 7.11 Å². The monoisotopic (exact) mass is 208 g/mol. The molecule has 1 aromatic heterocycles. The third-order valence-electron chi connectivity index (χ3n) is 2.32. The number of ether oxygens (including phenoxy) is 1. The number of rotatable bonds is 2. The molecule has 0 atom stereocenters. The summed E-state index contributed by atoms with van der Waals surface area (Å²) in [7, 11) is 1.64. The average molecular weight is 208 g/mol. The summed E-state index contributed by atoms with van der Waals surface area (Å²) in [4.78, 5) is 0. The van der Waals surface area contributed by atoms with Crippen molar-refractivity contribution in [2.24, 2.45) is 0 Å². The van der Waals surface area contributed by atoms with Crippen molar-refractivity contribution in [3.8, 4) is 10.8 Å². The minimum atomic E-state index is 0.393. The normalized spacial score (nSPS) is 10.7. The molecule has 0 bridgehead atoms. The van der Waals surface area contributed by atoms with Crippen LogP contribution in [-0.4, -0.2) is 12.2 Å². The van der Waals surface area contributed by atoms with Gasteiger partial charge < -0.3 is 9.84 Å². The summed E-state index contributed by atoms with van der Waals surface area (Å²) in [6, 6.07) is 5.88. The number of thiophene rings is 1. The SMILES string of the molecule is CCc1ccc2sc(OC)cc2c1O. The number of fused-ring (bicyclic) bond motifs is 1. The predicted octanol–water partition coefficient (Wildman–Crippen LogP) is 3.18. The van der Waals surface area contributed by atoms with Gasteiger partial charge in [-0.1, -0.05) is 24.3 Å².